The zero-order chi connectivity index (χ0) is 22.4. The third kappa shape index (κ3) is 6.10. The summed E-state index contributed by atoms with van der Waals surface area (Å²) in [5.74, 6) is -0.250. The average molecular weight is 443 g/mol. The number of nitrogens with zero attached hydrogens (tertiary/aromatic N) is 1. The zero-order valence-electron chi connectivity index (χ0n) is 18.9. The molecule has 0 heterocycles. The van der Waals surface area contributed by atoms with E-state index in [-0.39, 0.29) is 23.4 Å². The normalized spacial score (nSPS) is 15.7. The van der Waals surface area contributed by atoms with Crippen LogP contribution in [-0.2, 0) is 14.8 Å². The molecule has 1 aliphatic carbocycles. The Morgan fingerprint density at radius 1 is 0.903 bits per heavy atom. The largest absolute Gasteiger partial charge is 0.352 e. The van der Waals surface area contributed by atoms with Gasteiger partial charge >= 0.3 is 0 Å². The molecule has 0 unspecified atom stereocenters. The fraction of sp³-hybridized carbons (Fsp3) is 0.480. The van der Waals surface area contributed by atoms with E-state index in [0.29, 0.717) is 5.69 Å². The molecule has 0 saturated heterocycles. The van der Waals surface area contributed by atoms with Crippen LogP contribution in [0.4, 0.5) is 5.69 Å². The number of carbonyl (C=O) groups excluding carboxylic acids is 1. The van der Waals surface area contributed by atoms with Gasteiger partial charge in [0.2, 0.25) is 5.91 Å². The van der Waals surface area contributed by atoms with Crippen molar-refractivity contribution in [3.8, 4) is 0 Å². The molecule has 2 aromatic rings. The number of aryl methyl sites for hydroxylation is 3. The van der Waals surface area contributed by atoms with Gasteiger partial charge in [0, 0.05) is 6.04 Å². The first-order valence-corrected chi connectivity index (χ1v) is 12.7. The summed E-state index contributed by atoms with van der Waals surface area (Å²) >= 11 is 0. The van der Waals surface area contributed by atoms with Gasteiger partial charge in [-0.05, 0) is 69.0 Å². The number of sulfonamides is 1. The highest BCUT2D eigenvalue weighted by atomic mass is 32.2. The first-order chi connectivity index (χ1) is 14.8. The first kappa shape index (κ1) is 23.3. The van der Waals surface area contributed by atoms with Crippen LogP contribution in [0.15, 0.2) is 47.4 Å². The van der Waals surface area contributed by atoms with E-state index >= 15 is 0 Å². The summed E-state index contributed by atoms with van der Waals surface area (Å²) in [4.78, 5) is 13.1. The lowest BCUT2D eigenvalue weighted by Crippen LogP contribution is -2.44. The minimum atomic E-state index is -3.88. The molecule has 0 spiro atoms. The number of benzene rings is 2. The van der Waals surface area contributed by atoms with Gasteiger partial charge < -0.3 is 5.32 Å². The molecule has 0 aliphatic heterocycles. The van der Waals surface area contributed by atoms with Gasteiger partial charge in [0.1, 0.15) is 6.54 Å². The fourth-order valence-corrected chi connectivity index (χ4v) is 5.45. The van der Waals surface area contributed by atoms with Gasteiger partial charge in [-0.25, -0.2) is 8.42 Å². The van der Waals surface area contributed by atoms with Crippen molar-refractivity contribution >= 4 is 21.6 Å². The summed E-state index contributed by atoms with van der Waals surface area (Å²) < 4.78 is 28.3. The van der Waals surface area contributed by atoms with Gasteiger partial charge in [0.25, 0.3) is 10.0 Å². The van der Waals surface area contributed by atoms with Crippen molar-refractivity contribution in [1.82, 2.24) is 5.32 Å². The maximum atomic E-state index is 13.5. The lowest BCUT2D eigenvalue weighted by molar-refractivity contribution is -0.120. The molecule has 5 nitrogen and oxygen atoms in total. The topological polar surface area (TPSA) is 66.5 Å². The lowest BCUT2D eigenvalue weighted by atomic mass is 9.97. The quantitative estimate of drug-likeness (QED) is 0.682. The molecule has 0 aromatic heterocycles. The Kier molecular flexibility index (Phi) is 7.76. The Hall–Kier alpha value is -2.34. The van der Waals surface area contributed by atoms with Crippen LogP contribution in [0.1, 0.15) is 61.6 Å². The van der Waals surface area contributed by atoms with Crippen molar-refractivity contribution in [3.05, 3.63) is 59.2 Å². The van der Waals surface area contributed by atoms with E-state index in [1.807, 2.05) is 32.9 Å². The molecule has 6 heteroatoms. The molecule has 168 valence electrons. The molecule has 0 atom stereocenters. The summed E-state index contributed by atoms with van der Waals surface area (Å²) in [5, 5.41) is 3.10. The lowest BCUT2D eigenvalue weighted by Gasteiger charge is -2.27. The second kappa shape index (κ2) is 10.3. The highest BCUT2D eigenvalue weighted by Crippen LogP contribution is 2.26. The molecule has 3 rings (SSSR count). The molecule has 1 amide bonds. The molecule has 1 saturated carbocycles. The van der Waals surface area contributed by atoms with Gasteiger partial charge in [-0.3, -0.25) is 9.10 Å². The van der Waals surface area contributed by atoms with E-state index in [0.717, 1.165) is 42.4 Å². The van der Waals surface area contributed by atoms with Crippen molar-refractivity contribution in [2.75, 3.05) is 10.8 Å². The van der Waals surface area contributed by atoms with Crippen LogP contribution in [0.2, 0.25) is 0 Å². The molecular weight excluding hydrogens is 408 g/mol. The number of hydrogen-bond acceptors (Lipinski definition) is 3. The van der Waals surface area contributed by atoms with E-state index in [2.05, 4.69) is 5.32 Å². The van der Waals surface area contributed by atoms with Crippen LogP contribution in [0.5, 0.6) is 0 Å². The van der Waals surface area contributed by atoms with Crippen molar-refractivity contribution in [2.45, 2.75) is 76.7 Å². The minimum absolute atomic E-state index is 0.122. The van der Waals surface area contributed by atoms with Crippen molar-refractivity contribution in [1.29, 1.82) is 0 Å². The van der Waals surface area contributed by atoms with E-state index in [9.17, 15) is 13.2 Å². The third-order valence-corrected chi connectivity index (χ3v) is 7.93. The van der Waals surface area contributed by atoms with Gasteiger partial charge in [0.05, 0.1) is 10.6 Å². The number of carbonyl (C=O) groups is 1. The Morgan fingerprint density at radius 3 is 2.13 bits per heavy atom. The Bertz CT molecular complexity index is 992. The van der Waals surface area contributed by atoms with Gasteiger partial charge in [-0.1, -0.05) is 55.9 Å². The van der Waals surface area contributed by atoms with Crippen LogP contribution in [0, 0.1) is 20.8 Å². The number of amides is 1. The maximum Gasteiger partial charge on any atom is 0.264 e. The zero-order valence-corrected chi connectivity index (χ0v) is 19.7. The monoisotopic (exact) mass is 442 g/mol. The standard InChI is InChI=1S/C25H34N2O3S/c1-19-11-15-24(16-12-19)31(29,30)27(23-14-13-20(2)21(3)17-23)18-25(28)26-22-9-7-5-4-6-8-10-22/h11-17,22H,4-10,18H2,1-3H3,(H,26,28). The number of hydrogen-bond donors (Lipinski definition) is 1. The second-order valence-electron chi connectivity index (χ2n) is 8.70. The Labute approximate surface area is 186 Å². The summed E-state index contributed by atoms with van der Waals surface area (Å²) in [6.07, 6.45) is 7.78. The summed E-state index contributed by atoms with van der Waals surface area (Å²) in [6, 6.07) is 12.4. The number of rotatable bonds is 6. The third-order valence-electron chi connectivity index (χ3n) is 6.14. The Balaban J connectivity index is 1.87. The molecule has 2 aromatic carbocycles. The van der Waals surface area contributed by atoms with Gasteiger partial charge in [0.15, 0.2) is 0 Å². The molecule has 0 radical (unpaired) electrons. The predicted molar refractivity (Wildman–Crippen MR) is 126 cm³/mol. The predicted octanol–water partition coefficient (Wildman–Crippen LogP) is 5.04. The molecular formula is C25H34N2O3S. The summed E-state index contributed by atoms with van der Waals surface area (Å²) in [6.45, 7) is 5.62. The van der Waals surface area contributed by atoms with Gasteiger partial charge in [-0.15, -0.1) is 0 Å². The van der Waals surface area contributed by atoms with Crippen LogP contribution in [-0.4, -0.2) is 26.9 Å². The van der Waals surface area contributed by atoms with Crippen LogP contribution in [0.3, 0.4) is 0 Å². The average Bonchev–Trinajstić information content (AvgIpc) is 2.70. The van der Waals surface area contributed by atoms with Gasteiger partial charge in [-0.2, -0.15) is 0 Å². The highest BCUT2D eigenvalue weighted by Gasteiger charge is 2.28. The Morgan fingerprint density at radius 2 is 1.52 bits per heavy atom. The smallest absolute Gasteiger partial charge is 0.264 e. The minimum Gasteiger partial charge on any atom is -0.352 e. The highest BCUT2D eigenvalue weighted by molar-refractivity contribution is 7.92. The number of nitrogens with one attached hydrogen (secondary N) is 1. The molecule has 1 fully saturated rings. The number of anilines is 1. The summed E-state index contributed by atoms with van der Waals surface area (Å²) in [7, 11) is -3.88. The van der Waals surface area contributed by atoms with Crippen LogP contribution >= 0.6 is 0 Å². The first-order valence-electron chi connectivity index (χ1n) is 11.2. The van der Waals surface area contributed by atoms with E-state index < -0.39 is 10.0 Å². The molecule has 31 heavy (non-hydrogen) atoms. The molecule has 0 bridgehead atoms. The van der Waals surface area contributed by atoms with Crippen molar-refractivity contribution < 1.29 is 13.2 Å². The molecule has 1 aliphatic rings. The molecule has 1 N–H and O–H groups in total. The maximum absolute atomic E-state index is 13.5. The van der Waals surface area contributed by atoms with Crippen LogP contribution < -0.4 is 9.62 Å². The van der Waals surface area contributed by atoms with Crippen molar-refractivity contribution in [2.24, 2.45) is 0 Å². The second-order valence-corrected chi connectivity index (χ2v) is 10.6. The summed E-state index contributed by atoms with van der Waals surface area (Å²) in [5.41, 5.74) is 3.56. The van der Waals surface area contributed by atoms with Crippen molar-refractivity contribution in [3.63, 3.8) is 0 Å². The SMILES string of the molecule is Cc1ccc(S(=O)(=O)N(CC(=O)NC2CCCCCCC2)c2ccc(C)c(C)c2)cc1. The van der Waals surface area contributed by atoms with E-state index in [1.165, 1.54) is 23.6 Å². The van der Waals surface area contributed by atoms with E-state index in [1.54, 1.807) is 30.3 Å². The van der Waals surface area contributed by atoms with Crippen LogP contribution in [0.25, 0.3) is 0 Å². The fourth-order valence-electron chi connectivity index (χ4n) is 4.04. The van der Waals surface area contributed by atoms with E-state index in [4.69, 9.17) is 0 Å².